The Morgan fingerprint density at radius 3 is 2.95 bits per heavy atom. The van der Waals surface area contributed by atoms with Gasteiger partial charge in [0, 0.05) is 24.3 Å². The van der Waals surface area contributed by atoms with Gasteiger partial charge >= 0.3 is 0 Å². The first-order valence-corrected chi connectivity index (χ1v) is 7.37. The number of nitrogens with zero attached hydrogens (tertiary/aromatic N) is 3. The van der Waals surface area contributed by atoms with Gasteiger partial charge in [-0.05, 0) is 43.7 Å². The van der Waals surface area contributed by atoms with Crippen molar-refractivity contribution in [3.05, 3.63) is 52.9 Å². The van der Waals surface area contributed by atoms with Gasteiger partial charge in [-0.2, -0.15) is 5.10 Å². The van der Waals surface area contributed by atoms with Crippen molar-refractivity contribution in [2.24, 2.45) is 0 Å². The summed E-state index contributed by atoms with van der Waals surface area (Å²) in [6.07, 6.45) is 3.62. The van der Waals surface area contributed by atoms with E-state index in [1.165, 1.54) is 0 Å². The molecule has 3 rings (SSSR count). The normalized spacial score (nSPS) is 11.0. The number of halogens is 1. The number of nitrogens with one attached hydrogen (secondary N) is 1. The minimum absolute atomic E-state index is 0.681. The van der Waals surface area contributed by atoms with Crippen LogP contribution < -0.4 is 5.32 Å². The number of anilines is 1. The van der Waals surface area contributed by atoms with E-state index in [0.717, 1.165) is 39.4 Å². The summed E-state index contributed by atoms with van der Waals surface area (Å²) in [5.74, 6) is 0. The highest BCUT2D eigenvalue weighted by Crippen LogP contribution is 2.32. The molecule has 5 heteroatoms. The number of benzene rings is 1. The van der Waals surface area contributed by atoms with Crippen molar-refractivity contribution in [3.63, 3.8) is 0 Å². The van der Waals surface area contributed by atoms with Crippen molar-refractivity contribution in [3.8, 4) is 0 Å². The van der Waals surface area contributed by atoms with Crippen LogP contribution in [0.1, 0.15) is 18.2 Å². The van der Waals surface area contributed by atoms with Crippen molar-refractivity contribution in [1.82, 2.24) is 14.8 Å². The van der Waals surface area contributed by atoms with Crippen molar-refractivity contribution < 1.29 is 0 Å². The number of pyridine rings is 1. The molecule has 2 aromatic heterocycles. The minimum atomic E-state index is 0.681. The van der Waals surface area contributed by atoms with E-state index in [1.54, 1.807) is 6.20 Å². The number of aromatic nitrogens is 3. The summed E-state index contributed by atoms with van der Waals surface area (Å²) in [5.41, 5.74) is 4.12. The van der Waals surface area contributed by atoms with E-state index in [-0.39, 0.29) is 0 Å². The Morgan fingerprint density at radius 1 is 1.29 bits per heavy atom. The molecule has 108 valence electrons. The van der Waals surface area contributed by atoms with Crippen LogP contribution in [0.5, 0.6) is 0 Å². The number of hydrogen-bond donors (Lipinski definition) is 1. The van der Waals surface area contributed by atoms with Crippen LogP contribution in [0.25, 0.3) is 10.9 Å². The first kappa shape index (κ1) is 13.9. The second-order valence-corrected chi connectivity index (χ2v) is 5.35. The molecule has 0 bridgehead atoms. The quantitative estimate of drug-likeness (QED) is 0.791. The van der Waals surface area contributed by atoms with Crippen molar-refractivity contribution in [2.75, 3.05) is 5.32 Å². The molecule has 0 aliphatic heterocycles. The largest absolute Gasteiger partial charge is 0.378 e. The number of fused-ring (bicyclic) bond motifs is 1. The lowest BCUT2D eigenvalue weighted by Gasteiger charge is -2.13. The van der Waals surface area contributed by atoms with Crippen molar-refractivity contribution >= 4 is 28.2 Å². The molecule has 21 heavy (non-hydrogen) atoms. The maximum atomic E-state index is 6.41. The Balaban J connectivity index is 1.97. The van der Waals surface area contributed by atoms with Gasteiger partial charge in [0.25, 0.3) is 0 Å². The second kappa shape index (κ2) is 5.74. The van der Waals surface area contributed by atoms with Crippen LogP contribution in [0.2, 0.25) is 5.02 Å². The molecule has 2 heterocycles. The molecular weight excluding hydrogens is 284 g/mol. The van der Waals surface area contributed by atoms with Gasteiger partial charge in [0.2, 0.25) is 0 Å². The number of aryl methyl sites for hydroxylation is 2. The van der Waals surface area contributed by atoms with E-state index >= 15 is 0 Å². The molecular formula is C16H17ClN4. The van der Waals surface area contributed by atoms with Gasteiger partial charge in [-0.25, -0.2) is 0 Å². The maximum absolute atomic E-state index is 6.41. The molecule has 4 nitrogen and oxygen atoms in total. The van der Waals surface area contributed by atoms with E-state index in [1.807, 2.05) is 42.1 Å². The predicted octanol–water partition coefficient (Wildman–Crippen LogP) is 4.03. The minimum Gasteiger partial charge on any atom is -0.378 e. The van der Waals surface area contributed by atoms with Crippen LogP contribution in [0.15, 0.2) is 36.7 Å². The summed E-state index contributed by atoms with van der Waals surface area (Å²) < 4.78 is 1.97. The third-order valence-electron chi connectivity index (χ3n) is 3.58. The molecule has 1 aromatic carbocycles. The van der Waals surface area contributed by atoms with Gasteiger partial charge in [0.15, 0.2) is 0 Å². The van der Waals surface area contributed by atoms with Gasteiger partial charge in [0.1, 0.15) is 0 Å². The number of hydrogen-bond acceptors (Lipinski definition) is 3. The first-order valence-electron chi connectivity index (χ1n) is 6.99. The lowest BCUT2D eigenvalue weighted by Crippen LogP contribution is -2.08. The predicted molar refractivity (Wildman–Crippen MR) is 86.7 cm³/mol. The second-order valence-electron chi connectivity index (χ2n) is 4.94. The first-order chi connectivity index (χ1) is 10.2. The molecule has 3 aromatic rings. The SMILES string of the molecule is CCn1nccc1CNc1c(Cl)cc(C)c2ncccc12. The molecule has 0 radical (unpaired) electrons. The van der Waals surface area contributed by atoms with E-state index in [2.05, 4.69) is 22.3 Å². The fourth-order valence-electron chi connectivity index (χ4n) is 2.53. The van der Waals surface area contributed by atoms with Crippen molar-refractivity contribution in [1.29, 1.82) is 0 Å². The summed E-state index contributed by atoms with van der Waals surface area (Å²) in [7, 11) is 0. The van der Waals surface area contributed by atoms with E-state index < -0.39 is 0 Å². The van der Waals surface area contributed by atoms with E-state index in [0.29, 0.717) is 6.54 Å². The maximum Gasteiger partial charge on any atom is 0.0752 e. The van der Waals surface area contributed by atoms with Gasteiger partial charge in [-0.15, -0.1) is 0 Å². The zero-order chi connectivity index (χ0) is 14.8. The van der Waals surface area contributed by atoms with E-state index in [9.17, 15) is 0 Å². The summed E-state index contributed by atoms with van der Waals surface area (Å²) in [4.78, 5) is 4.45. The average Bonchev–Trinajstić information content (AvgIpc) is 2.94. The van der Waals surface area contributed by atoms with Crippen LogP contribution in [0, 0.1) is 6.92 Å². The molecule has 0 atom stereocenters. The standard InChI is InChI=1S/C16H17ClN4/c1-3-21-12(6-8-20-21)10-19-16-13-5-4-7-18-15(13)11(2)9-14(16)17/h4-9,19H,3,10H2,1-2H3. The molecule has 0 saturated carbocycles. The summed E-state index contributed by atoms with van der Waals surface area (Å²) in [5, 5.41) is 9.47. The topological polar surface area (TPSA) is 42.7 Å². The summed E-state index contributed by atoms with van der Waals surface area (Å²) >= 11 is 6.41. The van der Waals surface area contributed by atoms with Crippen LogP contribution in [0.3, 0.4) is 0 Å². The van der Waals surface area contributed by atoms with Crippen LogP contribution >= 0.6 is 11.6 Å². The number of rotatable bonds is 4. The Bertz CT molecular complexity index is 779. The highest BCUT2D eigenvalue weighted by Gasteiger charge is 2.10. The van der Waals surface area contributed by atoms with Gasteiger partial charge in [-0.1, -0.05) is 11.6 Å². The Kier molecular flexibility index (Phi) is 3.80. The molecule has 1 N–H and O–H groups in total. The molecule has 0 saturated heterocycles. The highest BCUT2D eigenvalue weighted by molar-refractivity contribution is 6.35. The molecule has 0 spiro atoms. The Hall–Kier alpha value is -2.07. The fourth-order valence-corrected chi connectivity index (χ4v) is 2.87. The Morgan fingerprint density at radius 2 is 2.14 bits per heavy atom. The smallest absolute Gasteiger partial charge is 0.0752 e. The average molecular weight is 301 g/mol. The lowest BCUT2D eigenvalue weighted by atomic mass is 10.1. The molecule has 0 aliphatic carbocycles. The van der Waals surface area contributed by atoms with Crippen LogP contribution in [-0.4, -0.2) is 14.8 Å². The zero-order valence-corrected chi connectivity index (χ0v) is 12.9. The van der Waals surface area contributed by atoms with Crippen molar-refractivity contribution in [2.45, 2.75) is 26.9 Å². The third kappa shape index (κ3) is 2.59. The lowest BCUT2D eigenvalue weighted by molar-refractivity contribution is 0.628. The van der Waals surface area contributed by atoms with Gasteiger partial charge in [-0.3, -0.25) is 9.67 Å². The third-order valence-corrected chi connectivity index (χ3v) is 3.88. The molecule has 0 unspecified atom stereocenters. The molecule has 0 aliphatic rings. The summed E-state index contributed by atoms with van der Waals surface area (Å²) in [6.45, 7) is 5.64. The zero-order valence-electron chi connectivity index (χ0n) is 12.1. The highest BCUT2D eigenvalue weighted by atomic mass is 35.5. The van der Waals surface area contributed by atoms with Gasteiger partial charge in [0.05, 0.1) is 28.5 Å². The monoisotopic (exact) mass is 300 g/mol. The van der Waals surface area contributed by atoms with Crippen LogP contribution in [0.4, 0.5) is 5.69 Å². The molecule has 0 amide bonds. The van der Waals surface area contributed by atoms with Crippen LogP contribution in [-0.2, 0) is 13.1 Å². The van der Waals surface area contributed by atoms with Gasteiger partial charge < -0.3 is 5.32 Å². The van der Waals surface area contributed by atoms with E-state index in [4.69, 9.17) is 11.6 Å². The summed E-state index contributed by atoms with van der Waals surface area (Å²) in [6, 6.07) is 7.94. The fraction of sp³-hybridized carbons (Fsp3) is 0.250. The Labute approximate surface area is 128 Å². The molecule has 0 fully saturated rings.